The van der Waals surface area contributed by atoms with Crippen molar-refractivity contribution in [3.05, 3.63) is 68.6 Å². The van der Waals surface area contributed by atoms with Gasteiger partial charge in [0.25, 0.3) is 11.1 Å². The second-order valence-electron chi connectivity index (χ2n) is 9.03. The molecule has 4 rings (SSSR count). The number of halogens is 7. The number of nitrogen functional groups attached to an aromatic ring is 1. The standard InChI is InChI=1S/C25H22F7N7O3/c1-2-12(36-14-9-35-38-22(40)17(14)25(30,31)32)4-3-6-39-7-5-11-8-13(18(26)19(27)16(11)23(39)41)21-34-10-15(20(33)37-21)42-24(28)29/h5,7-10,12,24H,2-4,6H2,1H3,(H2,33,34,37)(H2,36,38,40). The van der Waals surface area contributed by atoms with Crippen molar-refractivity contribution in [2.24, 2.45) is 0 Å². The Balaban J connectivity index is 1.54. The van der Waals surface area contributed by atoms with Crippen molar-refractivity contribution >= 4 is 22.3 Å². The predicted octanol–water partition coefficient (Wildman–Crippen LogP) is 4.69. The number of aromatic amines is 1. The lowest BCUT2D eigenvalue weighted by Gasteiger charge is -2.20. The van der Waals surface area contributed by atoms with E-state index >= 15 is 8.78 Å². The highest BCUT2D eigenvalue weighted by Gasteiger charge is 2.37. The lowest BCUT2D eigenvalue weighted by atomic mass is 10.1. The Morgan fingerprint density at radius 2 is 1.90 bits per heavy atom. The average molecular weight is 601 g/mol. The lowest BCUT2D eigenvalue weighted by molar-refractivity contribution is -0.138. The first-order valence-corrected chi connectivity index (χ1v) is 12.3. The molecule has 0 saturated heterocycles. The number of anilines is 2. The Labute approximate surface area is 231 Å². The summed E-state index contributed by atoms with van der Waals surface area (Å²) in [5, 5.41) is 7.26. The van der Waals surface area contributed by atoms with Crippen molar-refractivity contribution in [1.82, 2.24) is 24.7 Å². The van der Waals surface area contributed by atoms with Gasteiger partial charge < -0.3 is 20.4 Å². The number of aryl methyl sites for hydroxylation is 1. The van der Waals surface area contributed by atoms with Crippen LogP contribution in [0.1, 0.15) is 31.7 Å². The first kappa shape index (κ1) is 30.3. The van der Waals surface area contributed by atoms with Crippen molar-refractivity contribution in [2.45, 2.75) is 51.6 Å². The fraction of sp³-hybridized carbons (Fsp3) is 0.320. The molecule has 3 heterocycles. The van der Waals surface area contributed by atoms with Crippen molar-refractivity contribution in [3.63, 3.8) is 0 Å². The summed E-state index contributed by atoms with van der Waals surface area (Å²) < 4.78 is 100. The Hall–Kier alpha value is -4.70. The molecule has 0 saturated carbocycles. The lowest BCUT2D eigenvalue weighted by Crippen LogP contribution is -2.28. The van der Waals surface area contributed by atoms with Gasteiger partial charge in [-0.3, -0.25) is 9.59 Å². The molecule has 1 unspecified atom stereocenters. The van der Waals surface area contributed by atoms with Crippen LogP contribution >= 0.6 is 0 Å². The molecule has 0 aliphatic carbocycles. The van der Waals surface area contributed by atoms with Gasteiger partial charge in [-0.25, -0.2) is 23.8 Å². The summed E-state index contributed by atoms with van der Waals surface area (Å²) in [4.78, 5) is 32.1. The first-order chi connectivity index (χ1) is 19.8. The molecular weight excluding hydrogens is 579 g/mol. The Kier molecular flexibility index (Phi) is 8.67. The maximum Gasteiger partial charge on any atom is 0.423 e. The van der Waals surface area contributed by atoms with Crippen molar-refractivity contribution in [2.75, 3.05) is 11.1 Å². The van der Waals surface area contributed by atoms with Crippen LogP contribution in [0, 0.1) is 11.6 Å². The molecule has 1 atom stereocenters. The van der Waals surface area contributed by atoms with Gasteiger partial charge in [-0.15, -0.1) is 0 Å². The van der Waals surface area contributed by atoms with E-state index in [9.17, 15) is 31.5 Å². The number of rotatable bonds is 10. The van der Waals surface area contributed by atoms with Crippen molar-refractivity contribution in [3.8, 4) is 17.1 Å². The second kappa shape index (κ2) is 12.0. The molecule has 4 aromatic rings. The van der Waals surface area contributed by atoms with Crippen LogP contribution in [0.4, 0.5) is 42.2 Å². The van der Waals surface area contributed by atoms with Crippen LogP contribution in [-0.2, 0) is 12.7 Å². The van der Waals surface area contributed by atoms with Gasteiger partial charge in [0, 0.05) is 18.8 Å². The number of ether oxygens (including phenoxy) is 1. The van der Waals surface area contributed by atoms with Gasteiger partial charge in [-0.1, -0.05) is 6.92 Å². The molecule has 10 nitrogen and oxygen atoms in total. The number of hydrogen-bond donors (Lipinski definition) is 3. The third-order valence-electron chi connectivity index (χ3n) is 6.33. The smallest absolute Gasteiger partial charge is 0.423 e. The van der Waals surface area contributed by atoms with Gasteiger partial charge in [0.2, 0.25) is 0 Å². The van der Waals surface area contributed by atoms with E-state index in [2.05, 4.69) is 25.1 Å². The molecule has 1 aromatic carbocycles. The van der Waals surface area contributed by atoms with E-state index < -0.39 is 81.2 Å². The van der Waals surface area contributed by atoms with Gasteiger partial charge in [-0.2, -0.15) is 27.1 Å². The van der Waals surface area contributed by atoms with Gasteiger partial charge in [0.05, 0.1) is 29.0 Å². The summed E-state index contributed by atoms with van der Waals surface area (Å²) in [5.74, 6) is -4.50. The first-order valence-electron chi connectivity index (χ1n) is 12.3. The van der Waals surface area contributed by atoms with Crippen LogP contribution < -0.4 is 26.9 Å². The van der Waals surface area contributed by atoms with E-state index in [1.165, 1.54) is 12.3 Å². The van der Waals surface area contributed by atoms with Gasteiger partial charge in [0.1, 0.15) is 5.56 Å². The highest BCUT2D eigenvalue weighted by molar-refractivity contribution is 5.86. The number of aromatic nitrogens is 5. The number of alkyl halides is 5. The molecule has 0 radical (unpaired) electrons. The molecule has 0 aliphatic rings. The molecule has 4 N–H and O–H groups in total. The van der Waals surface area contributed by atoms with Crippen LogP contribution in [0.3, 0.4) is 0 Å². The molecule has 0 fully saturated rings. The summed E-state index contributed by atoms with van der Waals surface area (Å²) >= 11 is 0. The molecule has 17 heteroatoms. The van der Waals surface area contributed by atoms with Gasteiger partial charge >= 0.3 is 12.8 Å². The number of H-pyrrole nitrogens is 1. The van der Waals surface area contributed by atoms with E-state index in [0.29, 0.717) is 6.42 Å². The highest BCUT2D eigenvalue weighted by atomic mass is 19.4. The number of pyridine rings is 1. The maximum absolute atomic E-state index is 15.1. The molecule has 0 aliphatic heterocycles. The van der Waals surface area contributed by atoms with Crippen LogP contribution in [0.25, 0.3) is 22.2 Å². The summed E-state index contributed by atoms with van der Waals surface area (Å²) in [6.07, 6.45) is -1.09. The topological polar surface area (TPSA) is 141 Å². The number of nitrogens with one attached hydrogen (secondary N) is 2. The minimum Gasteiger partial charge on any atom is -0.429 e. The maximum atomic E-state index is 15.1. The molecule has 224 valence electrons. The van der Waals surface area contributed by atoms with Gasteiger partial charge in [0.15, 0.2) is 29.0 Å². The summed E-state index contributed by atoms with van der Waals surface area (Å²) in [7, 11) is 0. The Bertz CT molecular complexity index is 1720. The molecule has 42 heavy (non-hydrogen) atoms. The zero-order valence-corrected chi connectivity index (χ0v) is 21.6. The van der Waals surface area contributed by atoms with E-state index in [-0.39, 0.29) is 24.8 Å². The molecular formula is C25H22F7N7O3. The Morgan fingerprint density at radius 1 is 1.17 bits per heavy atom. The summed E-state index contributed by atoms with van der Waals surface area (Å²) in [6.45, 7) is -1.49. The van der Waals surface area contributed by atoms with Crippen molar-refractivity contribution in [1.29, 1.82) is 0 Å². The van der Waals surface area contributed by atoms with Gasteiger partial charge in [-0.05, 0) is 36.8 Å². The second-order valence-corrected chi connectivity index (χ2v) is 9.03. The molecule has 0 bridgehead atoms. The minimum absolute atomic E-state index is 0.00481. The minimum atomic E-state index is -4.92. The van der Waals surface area contributed by atoms with Crippen LogP contribution in [0.5, 0.6) is 5.75 Å². The predicted molar refractivity (Wildman–Crippen MR) is 137 cm³/mol. The van der Waals surface area contributed by atoms with E-state index in [1.54, 1.807) is 12.0 Å². The fourth-order valence-electron chi connectivity index (χ4n) is 4.31. The van der Waals surface area contributed by atoms with Crippen LogP contribution in [0.2, 0.25) is 0 Å². The number of nitrogens with zero attached hydrogens (tertiary/aromatic N) is 4. The Morgan fingerprint density at radius 3 is 2.55 bits per heavy atom. The number of fused-ring (bicyclic) bond motifs is 1. The molecule has 3 aromatic heterocycles. The largest absolute Gasteiger partial charge is 0.429 e. The quantitative estimate of drug-likeness (QED) is 0.223. The zero-order chi connectivity index (χ0) is 30.8. The highest BCUT2D eigenvalue weighted by Crippen LogP contribution is 2.32. The SMILES string of the molecule is CCC(CCCn1ccc2cc(-c3ncc(OC(F)F)c(N)n3)c(F)c(F)c2c1=O)Nc1cn[nH]c(=O)c1C(F)(F)F. The van der Waals surface area contributed by atoms with E-state index in [1.807, 2.05) is 0 Å². The normalized spacial score (nSPS) is 12.6. The number of benzene rings is 1. The molecule has 0 spiro atoms. The van der Waals surface area contributed by atoms with E-state index in [4.69, 9.17) is 5.73 Å². The zero-order valence-electron chi connectivity index (χ0n) is 21.6. The fourth-order valence-corrected chi connectivity index (χ4v) is 4.31. The molecule has 0 amide bonds. The summed E-state index contributed by atoms with van der Waals surface area (Å²) in [5.41, 5.74) is 0.918. The summed E-state index contributed by atoms with van der Waals surface area (Å²) in [6, 6.07) is 1.91. The van der Waals surface area contributed by atoms with Crippen LogP contribution in [0.15, 0.2) is 40.3 Å². The van der Waals surface area contributed by atoms with E-state index in [0.717, 1.165) is 23.0 Å². The third kappa shape index (κ3) is 6.28. The average Bonchev–Trinajstić information content (AvgIpc) is 2.91. The number of nitrogens with two attached hydrogens (primary N) is 1. The van der Waals surface area contributed by atoms with Crippen molar-refractivity contribution < 1.29 is 35.5 Å². The van der Waals surface area contributed by atoms with Crippen LogP contribution in [-0.4, -0.2) is 37.4 Å². The number of hydrogen-bond acceptors (Lipinski definition) is 8. The monoisotopic (exact) mass is 601 g/mol. The third-order valence-corrected chi connectivity index (χ3v) is 6.33.